The van der Waals surface area contributed by atoms with Gasteiger partial charge in [0.15, 0.2) is 5.78 Å². The Morgan fingerprint density at radius 2 is 1.86 bits per heavy atom. The Labute approximate surface area is 128 Å². The Morgan fingerprint density at radius 1 is 1.19 bits per heavy atom. The first-order chi connectivity index (χ1) is 9.97. The van der Waals surface area contributed by atoms with Gasteiger partial charge in [0.2, 0.25) is 0 Å². The maximum Gasteiger partial charge on any atom is 0.167 e. The molecule has 0 fully saturated rings. The molecule has 0 aliphatic rings. The second kappa shape index (κ2) is 6.72. The summed E-state index contributed by atoms with van der Waals surface area (Å²) >= 11 is 5.71. The fraction of sp³-hybridized carbons (Fsp3) is 0.235. The van der Waals surface area contributed by atoms with Crippen molar-refractivity contribution in [3.63, 3.8) is 0 Å². The molecule has 0 spiro atoms. The monoisotopic (exact) mass is 306 g/mol. The number of carbonyl (C=O) groups excluding carboxylic acids is 1. The molecule has 0 radical (unpaired) electrons. The van der Waals surface area contributed by atoms with Gasteiger partial charge in [-0.25, -0.2) is 4.39 Å². The molecule has 0 bridgehead atoms. The summed E-state index contributed by atoms with van der Waals surface area (Å²) < 4.78 is 19.3. The quantitative estimate of drug-likeness (QED) is 0.749. The molecule has 0 aromatic heterocycles. The van der Waals surface area contributed by atoms with Crippen molar-refractivity contribution in [3.05, 3.63) is 64.4 Å². The number of hydrogen-bond acceptors (Lipinski definition) is 2. The van der Waals surface area contributed by atoms with Gasteiger partial charge in [-0.05, 0) is 49.7 Å². The van der Waals surface area contributed by atoms with Crippen LogP contribution in [0, 0.1) is 5.82 Å². The minimum atomic E-state index is -0.535. The lowest BCUT2D eigenvalue weighted by Gasteiger charge is -2.10. The molecule has 2 rings (SSSR count). The van der Waals surface area contributed by atoms with Gasteiger partial charge >= 0.3 is 0 Å². The smallest absolute Gasteiger partial charge is 0.167 e. The van der Waals surface area contributed by atoms with Gasteiger partial charge in [0.25, 0.3) is 0 Å². The topological polar surface area (TPSA) is 26.3 Å². The molecule has 0 unspecified atom stereocenters. The van der Waals surface area contributed by atoms with Crippen LogP contribution in [-0.4, -0.2) is 11.9 Å². The number of ketones is 1. The van der Waals surface area contributed by atoms with E-state index in [4.69, 9.17) is 16.3 Å². The molecule has 2 nitrogen and oxygen atoms in total. The second-order valence-corrected chi connectivity index (χ2v) is 5.41. The molecular formula is C17H16ClFO2. The average molecular weight is 307 g/mol. The van der Waals surface area contributed by atoms with E-state index < -0.39 is 5.82 Å². The highest BCUT2D eigenvalue weighted by molar-refractivity contribution is 6.30. The van der Waals surface area contributed by atoms with Gasteiger partial charge < -0.3 is 4.74 Å². The molecule has 0 amide bonds. The van der Waals surface area contributed by atoms with Crippen molar-refractivity contribution in [2.45, 2.75) is 26.4 Å². The fourth-order valence-corrected chi connectivity index (χ4v) is 2.15. The Bertz CT molecular complexity index is 636. The van der Waals surface area contributed by atoms with Crippen molar-refractivity contribution in [1.82, 2.24) is 0 Å². The molecular weight excluding hydrogens is 291 g/mol. The predicted molar refractivity (Wildman–Crippen MR) is 81.7 cm³/mol. The molecule has 0 aliphatic carbocycles. The first-order valence-electron chi connectivity index (χ1n) is 6.70. The summed E-state index contributed by atoms with van der Waals surface area (Å²) in [5.74, 6) is 0.00928. The summed E-state index contributed by atoms with van der Waals surface area (Å²) in [6.07, 6.45) is 0.0589. The number of benzene rings is 2. The Morgan fingerprint density at radius 3 is 2.48 bits per heavy atom. The third-order valence-corrected chi connectivity index (χ3v) is 3.22. The van der Waals surface area contributed by atoms with Crippen LogP contribution >= 0.6 is 11.6 Å². The first-order valence-corrected chi connectivity index (χ1v) is 7.08. The van der Waals surface area contributed by atoms with E-state index in [-0.39, 0.29) is 23.3 Å². The number of ether oxygens (including phenoxy) is 1. The summed E-state index contributed by atoms with van der Waals surface area (Å²) in [6.45, 7) is 3.86. The number of rotatable bonds is 5. The van der Waals surface area contributed by atoms with Crippen LogP contribution in [0.4, 0.5) is 4.39 Å². The van der Waals surface area contributed by atoms with Crippen LogP contribution < -0.4 is 4.74 Å². The van der Waals surface area contributed by atoms with Gasteiger partial charge in [-0.15, -0.1) is 0 Å². The summed E-state index contributed by atoms with van der Waals surface area (Å²) in [4.78, 5) is 12.2. The first kappa shape index (κ1) is 15.5. The van der Waals surface area contributed by atoms with Crippen molar-refractivity contribution >= 4 is 17.4 Å². The molecule has 110 valence electrons. The molecule has 0 atom stereocenters. The normalized spacial score (nSPS) is 10.7. The van der Waals surface area contributed by atoms with Crippen LogP contribution in [0.25, 0.3) is 0 Å². The van der Waals surface area contributed by atoms with Crippen molar-refractivity contribution in [2.75, 3.05) is 0 Å². The highest BCUT2D eigenvalue weighted by Crippen LogP contribution is 2.20. The molecule has 2 aromatic rings. The van der Waals surface area contributed by atoms with E-state index in [1.54, 1.807) is 36.4 Å². The highest BCUT2D eigenvalue weighted by atomic mass is 35.5. The van der Waals surface area contributed by atoms with E-state index in [9.17, 15) is 9.18 Å². The lowest BCUT2D eigenvalue weighted by atomic mass is 10.0. The lowest BCUT2D eigenvalue weighted by molar-refractivity contribution is 0.0992. The molecule has 0 saturated heterocycles. The largest absolute Gasteiger partial charge is 0.491 e. The van der Waals surface area contributed by atoms with E-state index in [0.717, 1.165) is 0 Å². The molecule has 2 aromatic carbocycles. The van der Waals surface area contributed by atoms with Gasteiger partial charge in [-0.3, -0.25) is 4.79 Å². The van der Waals surface area contributed by atoms with Crippen LogP contribution in [0.1, 0.15) is 29.8 Å². The van der Waals surface area contributed by atoms with Gasteiger partial charge in [0.1, 0.15) is 11.6 Å². The molecule has 0 saturated carbocycles. The van der Waals surface area contributed by atoms with Crippen LogP contribution in [-0.2, 0) is 6.42 Å². The summed E-state index contributed by atoms with van der Waals surface area (Å²) in [6, 6.07) is 11.5. The minimum Gasteiger partial charge on any atom is -0.491 e. The van der Waals surface area contributed by atoms with E-state index in [1.807, 2.05) is 13.8 Å². The number of Topliss-reactive ketones (excluding diaryl/α,β-unsaturated/α-hetero) is 1. The van der Waals surface area contributed by atoms with E-state index in [2.05, 4.69) is 0 Å². The maximum atomic E-state index is 13.8. The maximum absolute atomic E-state index is 13.8. The Hall–Kier alpha value is -1.87. The van der Waals surface area contributed by atoms with Crippen LogP contribution in [0.2, 0.25) is 5.02 Å². The van der Waals surface area contributed by atoms with Crippen LogP contribution in [0.15, 0.2) is 42.5 Å². The summed E-state index contributed by atoms with van der Waals surface area (Å²) in [7, 11) is 0. The Kier molecular flexibility index (Phi) is 4.97. The highest BCUT2D eigenvalue weighted by Gasteiger charge is 2.12. The molecule has 0 N–H and O–H groups in total. The molecule has 0 heterocycles. The zero-order valence-electron chi connectivity index (χ0n) is 11.9. The molecule has 21 heavy (non-hydrogen) atoms. The van der Waals surface area contributed by atoms with E-state index in [0.29, 0.717) is 16.9 Å². The van der Waals surface area contributed by atoms with Gasteiger partial charge in [0.05, 0.1) is 11.1 Å². The molecule has 4 heteroatoms. The van der Waals surface area contributed by atoms with Gasteiger partial charge in [0, 0.05) is 12.0 Å². The van der Waals surface area contributed by atoms with Gasteiger partial charge in [-0.1, -0.05) is 23.7 Å². The van der Waals surface area contributed by atoms with Crippen molar-refractivity contribution in [3.8, 4) is 5.75 Å². The number of carbonyl (C=O) groups is 1. The van der Waals surface area contributed by atoms with Crippen molar-refractivity contribution in [1.29, 1.82) is 0 Å². The summed E-state index contributed by atoms with van der Waals surface area (Å²) in [5.41, 5.74) is 0.820. The van der Waals surface area contributed by atoms with Crippen molar-refractivity contribution in [2.24, 2.45) is 0 Å². The van der Waals surface area contributed by atoms with E-state index in [1.165, 1.54) is 6.07 Å². The second-order valence-electron chi connectivity index (χ2n) is 5.00. The molecule has 0 aliphatic heterocycles. The SMILES string of the molecule is CC(C)Oc1ccc(C(=O)Cc2cccc(Cl)c2F)cc1. The number of halogens is 2. The van der Waals surface area contributed by atoms with Crippen LogP contribution in [0.5, 0.6) is 5.75 Å². The van der Waals surface area contributed by atoms with Crippen LogP contribution in [0.3, 0.4) is 0 Å². The third kappa shape index (κ3) is 4.05. The number of hydrogen-bond donors (Lipinski definition) is 0. The third-order valence-electron chi connectivity index (χ3n) is 2.93. The summed E-state index contributed by atoms with van der Waals surface area (Å²) in [5, 5.41) is 0.0287. The minimum absolute atomic E-state index is 0.0171. The van der Waals surface area contributed by atoms with Crippen molar-refractivity contribution < 1.29 is 13.9 Å². The van der Waals surface area contributed by atoms with Gasteiger partial charge in [-0.2, -0.15) is 0 Å². The standard InChI is InChI=1S/C17H16ClFO2/c1-11(2)21-14-8-6-12(7-9-14)16(20)10-13-4-3-5-15(18)17(13)19/h3-9,11H,10H2,1-2H3. The Balaban J connectivity index is 2.11. The zero-order chi connectivity index (χ0) is 15.4. The average Bonchev–Trinajstić information content (AvgIpc) is 2.44. The zero-order valence-corrected chi connectivity index (χ0v) is 12.7. The van der Waals surface area contributed by atoms with E-state index >= 15 is 0 Å². The lowest BCUT2D eigenvalue weighted by Crippen LogP contribution is -2.07. The predicted octanol–water partition coefficient (Wildman–Crippen LogP) is 4.69. The fourth-order valence-electron chi connectivity index (χ4n) is 1.95.